The molecule has 0 heterocycles. The predicted molar refractivity (Wildman–Crippen MR) is 170 cm³/mol. The molecule has 218 valence electrons. The first-order valence-corrected chi connectivity index (χ1v) is 15.6. The second-order valence-corrected chi connectivity index (χ2v) is 12.6. The van der Waals surface area contributed by atoms with Crippen LogP contribution in [0.4, 0.5) is 5.69 Å². The molecule has 4 rings (SSSR count). The van der Waals surface area contributed by atoms with Crippen LogP contribution in [0.2, 0.25) is 15.1 Å². The number of carbonyl (C=O) groups is 1. The molecule has 0 bridgehead atoms. The molecule has 0 spiro atoms. The van der Waals surface area contributed by atoms with Crippen molar-refractivity contribution in [3.8, 4) is 11.5 Å². The molecule has 0 saturated carbocycles. The summed E-state index contributed by atoms with van der Waals surface area (Å²) in [5, 5.41) is 4.96. The zero-order chi connectivity index (χ0) is 30.3. The molecule has 4 aromatic rings. The van der Waals surface area contributed by atoms with E-state index in [0.29, 0.717) is 31.6 Å². The van der Waals surface area contributed by atoms with E-state index < -0.39 is 22.5 Å². The molecule has 0 aliphatic rings. The van der Waals surface area contributed by atoms with E-state index in [4.69, 9.17) is 44.3 Å². The number of methoxy groups -OCH3 is 1. The van der Waals surface area contributed by atoms with Crippen molar-refractivity contribution in [2.45, 2.75) is 11.5 Å². The van der Waals surface area contributed by atoms with E-state index >= 15 is 0 Å². The van der Waals surface area contributed by atoms with Crippen molar-refractivity contribution in [3.05, 3.63) is 116 Å². The monoisotopic (exact) mass is 709 g/mol. The highest BCUT2D eigenvalue weighted by molar-refractivity contribution is 9.10. The molecule has 0 saturated heterocycles. The van der Waals surface area contributed by atoms with Crippen molar-refractivity contribution in [2.24, 2.45) is 5.10 Å². The summed E-state index contributed by atoms with van der Waals surface area (Å²) in [4.78, 5) is 12.9. The summed E-state index contributed by atoms with van der Waals surface area (Å²) < 4.78 is 39.9. The van der Waals surface area contributed by atoms with Crippen molar-refractivity contribution in [2.75, 3.05) is 18.0 Å². The van der Waals surface area contributed by atoms with Crippen LogP contribution in [0.1, 0.15) is 11.1 Å². The maximum absolute atomic E-state index is 13.5. The second kappa shape index (κ2) is 14.3. The summed E-state index contributed by atoms with van der Waals surface area (Å²) in [6.45, 7) is -0.379. The lowest BCUT2D eigenvalue weighted by Crippen LogP contribution is -2.39. The van der Waals surface area contributed by atoms with Crippen LogP contribution in [0.3, 0.4) is 0 Å². The molecule has 0 aliphatic carbocycles. The number of rotatable bonds is 11. The van der Waals surface area contributed by atoms with Crippen molar-refractivity contribution in [1.82, 2.24) is 5.43 Å². The summed E-state index contributed by atoms with van der Waals surface area (Å²) in [6, 6.07) is 22.7. The molecule has 0 aliphatic heterocycles. The van der Waals surface area contributed by atoms with Gasteiger partial charge in [-0.15, -0.1) is 0 Å². The molecule has 13 heteroatoms. The standard InChI is InChI=1S/C29H23BrCl3N3O5S/c1-40-27-14-19(13-23(30)29(27)41-18-20-7-5-6-10-24(20)32)16-34-35-28(37)17-36(26-12-11-21(31)15-25(26)33)42(38,39)22-8-3-2-4-9-22/h2-16H,17-18H2,1H3,(H,35,37)/b34-16-. The number of hydrogen-bond acceptors (Lipinski definition) is 6. The van der Waals surface area contributed by atoms with Gasteiger partial charge in [0, 0.05) is 15.6 Å². The molecule has 42 heavy (non-hydrogen) atoms. The molecule has 0 unspecified atom stereocenters. The Labute approximate surface area is 267 Å². The molecule has 0 fully saturated rings. The largest absolute Gasteiger partial charge is 0.493 e. The highest BCUT2D eigenvalue weighted by Crippen LogP contribution is 2.37. The van der Waals surface area contributed by atoms with Gasteiger partial charge in [-0.1, -0.05) is 71.2 Å². The molecule has 0 radical (unpaired) electrons. The van der Waals surface area contributed by atoms with Crippen LogP contribution in [0.5, 0.6) is 11.5 Å². The van der Waals surface area contributed by atoms with Gasteiger partial charge < -0.3 is 9.47 Å². The van der Waals surface area contributed by atoms with E-state index in [2.05, 4.69) is 26.5 Å². The number of anilines is 1. The maximum Gasteiger partial charge on any atom is 0.264 e. The first kappa shape index (κ1) is 31.7. The van der Waals surface area contributed by atoms with Crippen LogP contribution in [0, 0.1) is 0 Å². The Morgan fingerprint density at radius 2 is 1.69 bits per heavy atom. The van der Waals surface area contributed by atoms with Crippen LogP contribution >= 0.6 is 50.7 Å². The fourth-order valence-electron chi connectivity index (χ4n) is 3.77. The number of carbonyl (C=O) groups excluding carboxylic acids is 1. The third-order valence-electron chi connectivity index (χ3n) is 5.78. The second-order valence-electron chi connectivity index (χ2n) is 8.63. The molecular formula is C29H23BrCl3N3O5S. The minimum absolute atomic E-state index is 0.0129. The van der Waals surface area contributed by atoms with Gasteiger partial charge in [0.2, 0.25) is 0 Å². The van der Waals surface area contributed by atoms with Crippen LogP contribution < -0.4 is 19.2 Å². The number of sulfonamides is 1. The van der Waals surface area contributed by atoms with E-state index in [1.54, 1.807) is 36.4 Å². The number of hydrazone groups is 1. The van der Waals surface area contributed by atoms with Gasteiger partial charge in [0.05, 0.1) is 33.4 Å². The van der Waals surface area contributed by atoms with Gasteiger partial charge in [0.25, 0.3) is 15.9 Å². The first-order valence-electron chi connectivity index (χ1n) is 12.2. The summed E-state index contributed by atoms with van der Waals surface area (Å²) in [6.07, 6.45) is 1.38. The minimum atomic E-state index is -4.16. The van der Waals surface area contributed by atoms with Crippen molar-refractivity contribution < 1.29 is 22.7 Å². The molecule has 1 N–H and O–H groups in total. The lowest BCUT2D eigenvalue weighted by atomic mass is 10.2. The predicted octanol–water partition coefficient (Wildman–Crippen LogP) is 7.34. The van der Waals surface area contributed by atoms with Crippen LogP contribution in [-0.4, -0.2) is 34.2 Å². The number of benzene rings is 4. The molecule has 1 amide bonds. The van der Waals surface area contributed by atoms with Crippen molar-refractivity contribution in [1.29, 1.82) is 0 Å². The lowest BCUT2D eigenvalue weighted by Gasteiger charge is -2.24. The quantitative estimate of drug-likeness (QED) is 0.130. The highest BCUT2D eigenvalue weighted by Gasteiger charge is 2.28. The Morgan fingerprint density at radius 1 is 0.976 bits per heavy atom. The third kappa shape index (κ3) is 7.76. The van der Waals surface area contributed by atoms with E-state index in [-0.39, 0.29) is 22.2 Å². The van der Waals surface area contributed by atoms with Crippen LogP contribution in [0.15, 0.2) is 99.4 Å². The van der Waals surface area contributed by atoms with Gasteiger partial charge in [-0.3, -0.25) is 9.10 Å². The van der Waals surface area contributed by atoms with Crippen LogP contribution in [0.25, 0.3) is 0 Å². The summed E-state index contributed by atoms with van der Waals surface area (Å²) in [5.74, 6) is 0.171. The SMILES string of the molecule is COc1cc(/C=N\NC(=O)CN(c2ccc(Cl)cc2Cl)S(=O)(=O)c2ccccc2)cc(Br)c1OCc1ccccc1Cl. The summed E-state index contributed by atoms with van der Waals surface area (Å²) in [5.41, 5.74) is 3.83. The highest BCUT2D eigenvalue weighted by atomic mass is 79.9. The number of nitrogens with zero attached hydrogens (tertiary/aromatic N) is 2. The summed E-state index contributed by atoms with van der Waals surface area (Å²) >= 11 is 22.0. The number of hydrogen-bond donors (Lipinski definition) is 1. The Kier molecular flexibility index (Phi) is 10.7. The topological polar surface area (TPSA) is 97.3 Å². The maximum atomic E-state index is 13.5. The van der Waals surface area contributed by atoms with E-state index in [0.717, 1.165) is 9.87 Å². The number of amides is 1. The number of nitrogens with one attached hydrogen (secondary N) is 1. The van der Waals surface area contributed by atoms with E-state index in [9.17, 15) is 13.2 Å². The average molecular weight is 712 g/mol. The minimum Gasteiger partial charge on any atom is -0.493 e. The number of ether oxygens (including phenoxy) is 2. The number of halogens is 4. The molecule has 8 nitrogen and oxygen atoms in total. The van der Waals surface area contributed by atoms with Gasteiger partial charge >= 0.3 is 0 Å². The fraction of sp³-hybridized carbons (Fsp3) is 0.103. The van der Waals surface area contributed by atoms with Gasteiger partial charge in [0.1, 0.15) is 13.2 Å². The van der Waals surface area contributed by atoms with Crippen molar-refractivity contribution in [3.63, 3.8) is 0 Å². The van der Waals surface area contributed by atoms with Crippen LogP contribution in [-0.2, 0) is 21.4 Å². The van der Waals surface area contributed by atoms with Crippen molar-refractivity contribution >= 4 is 78.6 Å². The van der Waals surface area contributed by atoms with Gasteiger partial charge in [-0.2, -0.15) is 5.10 Å². The van der Waals surface area contributed by atoms with Gasteiger partial charge in [-0.05, 0) is 70.0 Å². The molecule has 0 atom stereocenters. The van der Waals surface area contributed by atoms with E-state index in [1.165, 1.54) is 43.7 Å². The Balaban J connectivity index is 1.50. The molecular weight excluding hydrogens is 689 g/mol. The molecule has 4 aromatic carbocycles. The molecule has 0 aromatic heterocycles. The lowest BCUT2D eigenvalue weighted by molar-refractivity contribution is -0.119. The fourth-order valence-corrected chi connectivity index (χ4v) is 6.55. The third-order valence-corrected chi connectivity index (χ3v) is 9.05. The smallest absolute Gasteiger partial charge is 0.264 e. The van der Waals surface area contributed by atoms with Gasteiger partial charge in [0.15, 0.2) is 11.5 Å². The Hall–Kier alpha value is -3.28. The summed E-state index contributed by atoms with van der Waals surface area (Å²) in [7, 11) is -2.66. The first-order chi connectivity index (χ1) is 20.1. The Bertz CT molecular complexity index is 1720. The van der Waals surface area contributed by atoms with Gasteiger partial charge in [-0.25, -0.2) is 13.8 Å². The zero-order valence-electron chi connectivity index (χ0n) is 21.9. The zero-order valence-corrected chi connectivity index (χ0v) is 26.6. The average Bonchev–Trinajstić information content (AvgIpc) is 2.96. The normalized spacial score (nSPS) is 11.4. The Morgan fingerprint density at radius 3 is 2.38 bits per heavy atom. The van der Waals surface area contributed by atoms with E-state index in [1.807, 2.05) is 18.2 Å².